The van der Waals surface area contributed by atoms with Crippen LogP contribution >= 0.6 is 15.9 Å². The Kier molecular flexibility index (Phi) is 5.82. The van der Waals surface area contributed by atoms with E-state index in [1.165, 1.54) is 7.11 Å². The summed E-state index contributed by atoms with van der Waals surface area (Å²) in [5.41, 5.74) is 0.392. The Labute approximate surface area is 120 Å². The maximum absolute atomic E-state index is 11.9. The number of halogens is 1. The number of methoxy groups -OCH3 is 1. The summed E-state index contributed by atoms with van der Waals surface area (Å²) in [4.78, 5) is 23.4. The Morgan fingerprint density at radius 1 is 1.37 bits per heavy atom. The lowest BCUT2D eigenvalue weighted by Crippen LogP contribution is -2.39. The van der Waals surface area contributed by atoms with Gasteiger partial charge in [0.25, 0.3) is 5.91 Å². The zero-order valence-electron chi connectivity index (χ0n) is 11.1. The molecule has 104 valence electrons. The van der Waals surface area contributed by atoms with Crippen molar-refractivity contribution in [2.75, 3.05) is 13.7 Å². The van der Waals surface area contributed by atoms with Gasteiger partial charge < -0.3 is 15.4 Å². The van der Waals surface area contributed by atoms with Gasteiger partial charge in [-0.2, -0.15) is 0 Å². The SMILES string of the molecule is COc1cc(Br)ccc1C(=O)NCC(=O)NC(C)C. The molecule has 5 nitrogen and oxygen atoms in total. The minimum atomic E-state index is -0.344. The molecule has 0 bridgehead atoms. The molecule has 0 heterocycles. The molecule has 6 heteroatoms. The first-order valence-corrected chi connectivity index (χ1v) is 6.64. The number of hydrogen-bond donors (Lipinski definition) is 2. The molecule has 0 aliphatic rings. The number of ether oxygens (including phenoxy) is 1. The first-order valence-electron chi connectivity index (χ1n) is 5.85. The predicted molar refractivity (Wildman–Crippen MR) is 76.3 cm³/mol. The first-order chi connectivity index (χ1) is 8.93. The van der Waals surface area contributed by atoms with Gasteiger partial charge in [0.1, 0.15) is 5.75 Å². The van der Waals surface area contributed by atoms with Crippen LogP contribution in [0, 0.1) is 0 Å². The molecule has 2 N–H and O–H groups in total. The highest BCUT2D eigenvalue weighted by Gasteiger charge is 2.13. The van der Waals surface area contributed by atoms with Crippen molar-refractivity contribution in [2.24, 2.45) is 0 Å². The van der Waals surface area contributed by atoms with Gasteiger partial charge in [0, 0.05) is 10.5 Å². The summed E-state index contributed by atoms with van der Waals surface area (Å²) in [5, 5.41) is 5.25. The monoisotopic (exact) mass is 328 g/mol. The summed E-state index contributed by atoms with van der Waals surface area (Å²) >= 11 is 3.30. The van der Waals surface area contributed by atoms with Gasteiger partial charge >= 0.3 is 0 Å². The van der Waals surface area contributed by atoms with E-state index in [4.69, 9.17) is 4.74 Å². The molecule has 0 aromatic heterocycles. The summed E-state index contributed by atoms with van der Waals surface area (Å²) in [6, 6.07) is 5.12. The molecule has 1 aromatic rings. The maximum atomic E-state index is 11.9. The quantitative estimate of drug-likeness (QED) is 0.864. The van der Waals surface area contributed by atoms with E-state index >= 15 is 0 Å². The van der Waals surface area contributed by atoms with Crippen LogP contribution in [0.1, 0.15) is 24.2 Å². The van der Waals surface area contributed by atoms with E-state index in [9.17, 15) is 9.59 Å². The van der Waals surface area contributed by atoms with Crippen molar-refractivity contribution in [2.45, 2.75) is 19.9 Å². The summed E-state index contributed by atoms with van der Waals surface area (Å²) in [5.74, 6) is -0.112. The maximum Gasteiger partial charge on any atom is 0.255 e. The second-order valence-electron chi connectivity index (χ2n) is 4.25. The van der Waals surface area contributed by atoms with Gasteiger partial charge in [-0.25, -0.2) is 0 Å². The molecule has 0 aliphatic carbocycles. The topological polar surface area (TPSA) is 67.4 Å². The van der Waals surface area contributed by atoms with Crippen LogP contribution in [-0.2, 0) is 4.79 Å². The number of rotatable bonds is 5. The fraction of sp³-hybridized carbons (Fsp3) is 0.385. The third-order valence-electron chi connectivity index (χ3n) is 2.27. The molecule has 1 rings (SSSR count). The molecule has 0 atom stereocenters. The van der Waals surface area contributed by atoms with Gasteiger partial charge in [-0.15, -0.1) is 0 Å². The molecule has 2 amide bonds. The number of benzene rings is 1. The molecule has 0 unspecified atom stereocenters. The second kappa shape index (κ2) is 7.13. The Bertz CT molecular complexity index is 475. The van der Waals surface area contributed by atoms with Crippen LogP contribution in [0.25, 0.3) is 0 Å². The lowest BCUT2D eigenvalue weighted by Gasteiger charge is -2.11. The van der Waals surface area contributed by atoms with Crippen molar-refractivity contribution in [1.82, 2.24) is 10.6 Å². The number of hydrogen-bond acceptors (Lipinski definition) is 3. The minimum absolute atomic E-state index is 0.0478. The highest BCUT2D eigenvalue weighted by atomic mass is 79.9. The molecule has 0 aliphatic heterocycles. The third-order valence-corrected chi connectivity index (χ3v) is 2.76. The number of carbonyl (C=O) groups excluding carboxylic acids is 2. The summed E-state index contributed by atoms with van der Waals surface area (Å²) in [7, 11) is 1.49. The van der Waals surface area contributed by atoms with E-state index in [0.29, 0.717) is 11.3 Å². The Balaban J connectivity index is 2.66. The van der Waals surface area contributed by atoms with Gasteiger partial charge in [0.2, 0.25) is 5.91 Å². The third kappa shape index (κ3) is 4.90. The average Bonchev–Trinajstić information content (AvgIpc) is 2.34. The van der Waals surface area contributed by atoms with E-state index < -0.39 is 0 Å². The van der Waals surface area contributed by atoms with Crippen LogP contribution in [0.3, 0.4) is 0 Å². The van der Waals surface area contributed by atoms with Crippen molar-refractivity contribution < 1.29 is 14.3 Å². The van der Waals surface area contributed by atoms with Crippen molar-refractivity contribution >= 4 is 27.7 Å². The smallest absolute Gasteiger partial charge is 0.255 e. The molecule has 19 heavy (non-hydrogen) atoms. The Morgan fingerprint density at radius 2 is 2.05 bits per heavy atom. The summed E-state index contributed by atoms with van der Waals surface area (Å²) in [6.45, 7) is 3.66. The molecule has 0 saturated carbocycles. The highest BCUT2D eigenvalue weighted by molar-refractivity contribution is 9.10. The van der Waals surface area contributed by atoms with Crippen LogP contribution in [-0.4, -0.2) is 31.5 Å². The lowest BCUT2D eigenvalue weighted by atomic mass is 10.2. The van der Waals surface area contributed by atoms with Gasteiger partial charge in [-0.05, 0) is 32.0 Å². The molecular formula is C13H17BrN2O3. The second-order valence-corrected chi connectivity index (χ2v) is 5.17. The molecule has 0 saturated heterocycles. The molecule has 0 spiro atoms. The molecule has 0 fully saturated rings. The largest absolute Gasteiger partial charge is 0.496 e. The van der Waals surface area contributed by atoms with Gasteiger partial charge in [-0.3, -0.25) is 9.59 Å². The fourth-order valence-electron chi connectivity index (χ4n) is 1.48. The first kappa shape index (κ1) is 15.5. The highest BCUT2D eigenvalue weighted by Crippen LogP contribution is 2.23. The Morgan fingerprint density at radius 3 is 2.63 bits per heavy atom. The average molecular weight is 329 g/mol. The predicted octanol–water partition coefficient (Wildman–Crippen LogP) is 1.71. The minimum Gasteiger partial charge on any atom is -0.496 e. The van der Waals surface area contributed by atoms with E-state index in [0.717, 1.165) is 4.47 Å². The van der Waals surface area contributed by atoms with Crippen molar-refractivity contribution in [3.05, 3.63) is 28.2 Å². The van der Waals surface area contributed by atoms with Crippen molar-refractivity contribution in [3.63, 3.8) is 0 Å². The van der Waals surface area contributed by atoms with Gasteiger partial charge in [0.05, 0.1) is 19.2 Å². The summed E-state index contributed by atoms with van der Waals surface area (Å²) in [6.07, 6.45) is 0. The van der Waals surface area contributed by atoms with E-state index in [-0.39, 0.29) is 24.4 Å². The normalized spacial score (nSPS) is 10.2. The van der Waals surface area contributed by atoms with Crippen LogP contribution in [0.4, 0.5) is 0 Å². The van der Waals surface area contributed by atoms with Crippen molar-refractivity contribution in [1.29, 1.82) is 0 Å². The number of nitrogens with one attached hydrogen (secondary N) is 2. The van der Waals surface area contributed by atoms with Gasteiger partial charge in [0.15, 0.2) is 0 Å². The lowest BCUT2D eigenvalue weighted by molar-refractivity contribution is -0.120. The molecule has 1 aromatic carbocycles. The van der Waals surface area contributed by atoms with Gasteiger partial charge in [-0.1, -0.05) is 15.9 Å². The van der Waals surface area contributed by atoms with Crippen molar-refractivity contribution in [3.8, 4) is 5.75 Å². The van der Waals surface area contributed by atoms with Crippen LogP contribution in [0.15, 0.2) is 22.7 Å². The van der Waals surface area contributed by atoms with Crippen LogP contribution in [0.2, 0.25) is 0 Å². The van der Waals surface area contributed by atoms with Crippen LogP contribution in [0.5, 0.6) is 5.75 Å². The van der Waals surface area contributed by atoms with Crippen LogP contribution < -0.4 is 15.4 Å². The fourth-order valence-corrected chi connectivity index (χ4v) is 1.82. The standard InChI is InChI=1S/C13H17BrN2O3/c1-8(2)16-12(17)7-15-13(18)10-5-4-9(14)6-11(10)19-3/h4-6,8H,7H2,1-3H3,(H,15,18)(H,16,17). The van der Waals surface area contributed by atoms with E-state index in [1.807, 2.05) is 13.8 Å². The summed E-state index contributed by atoms with van der Waals surface area (Å²) < 4.78 is 5.95. The van der Waals surface area contributed by atoms with E-state index in [2.05, 4.69) is 26.6 Å². The van der Waals surface area contributed by atoms with E-state index in [1.54, 1.807) is 18.2 Å². The number of amides is 2. The molecule has 0 radical (unpaired) electrons. The Hall–Kier alpha value is -1.56. The zero-order chi connectivity index (χ0) is 14.4. The number of carbonyl (C=O) groups is 2. The zero-order valence-corrected chi connectivity index (χ0v) is 12.7. The molecular weight excluding hydrogens is 312 g/mol.